The summed E-state index contributed by atoms with van der Waals surface area (Å²) in [5, 5.41) is 3.48. The van der Waals surface area contributed by atoms with Crippen molar-refractivity contribution < 1.29 is 4.39 Å². The predicted octanol–water partition coefficient (Wildman–Crippen LogP) is 5.26. The van der Waals surface area contributed by atoms with Crippen molar-refractivity contribution in [2.24, 2.45) is 0 Å². The summed E-state index contributed by atoms with van der Waals surface area (Å²) in [6.45, 7) is 5.04. The summed E-state index contributed by atoms with van der Waals surface area (Å²) in [6.07, 6.45) is 0. The van der Waals surface area contributed by atoms with Crippen molar-refractivity contribution in [3.8, 4) is 0 Å². The van der Waals surface area contributed by atoms with Gasteiger partial charge in [0, 0.05) is 8.45 Å². The third-order valence-corrected chi connectivity index (χ3v) is 5.98. The van der Waals surface area contributed by atoms with Gasteiger partial charge >= 0.3 is 0 Å². The van der Waals surface area contributed by atoms with Gasteiger partial charge in [-0.1, -0.05) is 13.0 Å². The van der Waals surface area contributed by atoms with Crippen molar-refractivity contribution in [2.75, 3.05) is 6.54 Å². The second kappa shape index (κ2) is 6.65. The zero-order valence-corrected chi connectivity index (χ0v) is 15.2. The summed E-state index contributed by atoms with van der Waals surface area (Å²) in [5.74, 6) is -0.188. The fraction of sp³-hybridized carbons (Fsp3) is 0.286. The Kier molecular flexibility index (Phi) is 5.39. The zero-order chi connectivity index (χ0) is 14.0. The van der Waals surface area contributed by atoms with Crippen molar-refractivity contribution in [3.63, 3.8) is 0 Å². The third kappa shape index (κ3) is 3.56. The minimum Gasteiger partial charge on any atom is -0.306 e. The molecule has 5 heteroatoms. The molecule has 102 valence electrons. The molecular formula is C14H14BrFINS. The average Bonchev–Trinajstić information content (AvgIpc) is 2.67. The van der Waals surface area contributed by atoms with Crippen LogP contribution < -0.4 is 5.32 Å². The van der Waals surface area contributed by atoms with Crippen molar-refractivity contribution in [1.82, 2.24) is 5.32 Å². The number of benzene rings is 1. The van der Waals surface area contributed by atoms with E-state index in [-0.39, 0.29) is 11.9 Å². The molecule has 1 heterocycles. The van der Waals surface area contributed by atoms with Crippen LogP contribution in [-0.4, -0.2) is 6.54 Å². The Hall–Kier alpha value is 0.0200. The number of aryl methyl sites for hydroxylation is 1. The molecule has 0 bridgehead atoms. The van der Waals surface area contributed by atoms with Crippen LogP contribution in [0, 0.1) is 16.3 Å². The van der Waals surface area contributed by atoms with E-state index in [1.54, 1.807) is 17.4 Å². The normalized spacial score (nSPS) is 12.7. The van der Waals surface area contributed by atoms with Gasteiger partial charge in [-0.3, -0.25) is 0 Å². The van der Waals surface area contributed by atoms with E-state index in [9.17, 15) is 4.39 Å². The Balaban J connectivity index is 2.44. The monoisotopic (exact) mass is 453 g/mol. The minimum absolute atomic E-state index is 0.118. The first-order valence-electron chi connectivity index (χ1n) is 5.97. The standard InChI is InChI=1S/C14H14BrFINS/c1-3-18-13(12-6-8(2)14(15)19-12)10-5-4-9(16)7-11(10)17/h4-7,13,18H,3H2,1-2H3. The lowest BCUT2D eigenvalue weighted by molar-refractivity contribution is 0.614. The minimum atomic E-state index is -0.188. The van der Waals surface area contributed by atoms with Gasteiger partial charge in [0.15, 0.2) is 0 Å². The van der Waals surface area contributed by atoms with Crippen LogP contribution >= 0.6 is 49.9 Å². The van der Waals surface area contributed by atoms with E-state index in [4.69, 9.17) is 0 Å². The van der Waals surface area contributed by atoms with Gasteiger partial charge in [-0.25, -0.2) is 4.39 Å². The number of halogens is 3. The van der Waals surface area contributed by atoms with Gasteiger partial charge in [0.1, 0.15) is 5.82 Å². The van der Waals surface area contributed by atoms with E-state index in [2.05, 4.69) is 63.8 Å². The van der Waals surface area contributed by atoms with Gasteiger partial charge in [-0.05, 0) is 81.3 Å². The summed E-state index contributed by atoms with van der Waals surface area (Å²) in [6, 6.07) is 7.27. The third-order valence-electron chi connectivity index (χ3n) is 2.84. The summed E-state index contributed by atoms with van der Waals surface area (Å²) in [5.41, 5.74) is 2.36. The van der Waals surface area contributed by atoms with Gasteiger partial charge in [0.2, 0.25) is 0 Å². The smallest absolute Gasteiger partial charge is 0.124 e. The molecule has 19 heavy (non-hydrogen) atoms. The van der Waals surface area contributed by atoms with E-state index >= 15 is 0 Å². The number of nitrogens with one attached hydrogen (secondary N) is 1. The topological polar surface area (TPSA) is 12.0 Å². The molecule has 0 aliphatic carbocycles. The molecular weight excluding hydrogens is 440 g/mol. The first-order valence-corrected chi connectivity index (χ1v) is 8.66. The van der Waals surface area contributed by atoms with E-state index in [1.165, 1.54) is 16.5 Å². The summed E-state index contributed by atoms with van der Waals surface area (Å²) in [4.78, 5) is 1.25. The molecule has 0 spiro atoms. The lowest BCUT2D eigenvalue weighted by Gasteiger charge is -2.18. The molecule has 0 saturated heterocycles. The molecule has 0 amide bonds. The molecule has 2 rings (SSSR count). The zero-order valence-electron chi connectivity index (χ0n) is 10.6. The molecule has 2 aromatic rings. The maximum absolute atomic E-state index is 13.2. The van der Waals surface area contributed by atoms with E-state index in [1.807, 2.05) is 6.07 Å². The largest absolute Gasteiger partial charge is 0.306 e. The van der Waals surface area contributed by atoms with Gasteiger partial charge in [0.05, 0.1) is 9.83 Å². The van der Waals surface area contributed by atoms with Crippen LogP contribution in [0.25, 0.3) is 0 Å². The number of hydrogen-bond donors (Lipinski definition) is 1. The first-order chi connectivity index (χ1) is 9.02. The maximum Gasteiger partial charge on any atom is 0.124 e. The second-order valence-electron chi connectivity index (χ2n) is 4.26. The molecule has 1 unspecified atom stereocenters. The predicted molar refractivity (Wildman–Crippen MR) is 91.4 cm³/mol. The van der Waals surface area contributed by atoms with Crippen LogP contribution in [0.4, 0.5) is 4.39 Å². The van der Waals surface area contributed by atoms with E-state index < -0.39 is 0 Å². The molecule has 0 aliphatic heterocycles. The molecule has 1 atom stereocenters. The fourth-order valence-corrected chi connectivity index (χ4v) is 4.38. The quantitative estimate of drug-likeness (QED) is 0.622. The molecule has 0 saturated carbocycles. The Labute approximate surface area is 138 Å². The Morgan fingerprint density at radius 3 is 2.68 bits per heavy atom. The van der Waals surface area contributed by atoms with Crippen molar-refractivity contribution in [2.45, 2.75) is 19.9 Å². The van der Waals surface area contributed by atoms with Crippen LogP contribution in [0.2, 0.25) is 0 Å². The highest BCUT2D eigenvalue weighted by atomic mass is 127. The van der Waals surface area contributed by atoms with Crippen LogP contribution in [0.5, 0.6) is 0 Å². The summed E-state index contributed by atoms with van der Waals surface area (Å²) in [7, 11) is 0. The highest BCUT2D eigenvalue weighted by Crippen LogP contribution is 2.35. The molecule has 0 fully saturated rings. The van der Waals surface area contributed by atoms with Crippen molar-refractivity contribution in [1.29, 1.82) is 0 Å². The van der Waals surface area contributed by atoms with Crippen molar-refractivity contribution >= 4 is 49.9 Å². The van der Waals surface area contributed by atoms with Crippen LogP contribution in [0.3, 0.4) is 0 Å². The van der Waals surface area contributed by atoms with Crippen molar-refractivity contribution in [3.05, 3.63) is 53.4 Å². The Bertz CT molecular complexity index is 565. The van der Waals surface area contributed by atoms with Crippen LogP contribution in [-0.2, 0) is 0 Å². The SMILES string of the molecule is CCNC(c1cc(C)c(Br)s1)c1ccc(F)cc1I. The highest BCUT2D eigenvalue weighted by Gasteiger charge is 2.19. The molecule has 1 aromatic carbocycles. The molecule has 0 aliphatic rings. The van der Waals surface area contributed by atoms with Crippen LogP contribution in [0.1, 0.15) is 29.0 Å². The molecule has 1 nitrogen and oxygen atoms in total. The van der Waals surface area contributed by atoms with Crippen LogP contribution in [0.15, 0.2) is 28.1 Å². The highest BCUT2D eigenvalue weighted by molar-refractivity contribution is 14.1. The Morgan fingerprint density at radius 1 is 1.42 bits per heavy atom. The summed E-state index contributed by atoms with van der Waals surface area (Å²) >= 11 is 7.49. The summed E-state index contributed by atoms with van der Waals surface area (Å²) < 4.78 is 15.3. The molecule has 1 aromatic heterocycles. The van der Waals surface area contributed by atoms with Gasteiger partial charge in [0.25, 0.3) is 0 Å². The lowest BCUT2D eigenvalue weighted by atomic mass is 10.0. The fourth-order valence-electron chi connectivity index (χ4n) is 1.93. The molecule has 0 radical (unpaired) electrons. The maximum atomic E-state index is 13.2. The lowest BCUT2D eigenvalue weighted by Crippen LogP contribution is -2.22. The second-order valence-corrected chi connectivity index (χ2v) is 7.83. The van der Waals surface area contributed by atoms with E-state index in [0.29, 0.717) is 0 Å². The number of hydrogen-bond acceptors (Lipinski definition) is 2. The number of thiophene rings is 1. The first kappa shape index (κ1) is 15.4. The molecule has 1 N–H and O–H groups in total. The number of rotatable bonds is 4. The Morgan fingerprint density at radius 2 is 2.16 bits per heavy atom. The average molecular weight is 454 g/mol. The van der Waals surface area contributed by atoms with E-state index in [0.717, 1.165) is 19.5 Å². The van der Waals surface area contributed by atoms with Gasteiger partial charge in [-0.15, -0.1) is 11.3 Å². The van der Waals surface area contributed by atoms with Gasteiger partial charge in [-0.2, -0.15) is 0 Å². The van der Waals surface area contributed by atoms with Gasteiger partial charge < -0.3 is 5.32 Å².